The highest BCUT2D eigenvalue weighted by atomic mass is 33.1. The predicted octanol–water partition coefficient (Wildman–Crippen LogP) is 2.91. The number of nitrogens with two attached hydrogens (primary N) is 3. The lowest BCUT2D eigenvalue weighted by atomic mass is 9.87. The number of aliphatic carboxylic acids is 1. The minimum absolute atomic E-state index is 0.00684. The number of aromatic amines is 2. The minimum atomic E-state index is -1.67. The van der Waals surface area contributed by atoms with E-state index < -0.39 is 182 Å². The molecular formula is C101H159N15O31S2. The Kier molecular flexibility index (Phi) is 65.2. The third-order valence-electron chi connectivity index (χ3n) is 24.6. The molecular weight excluding hydrogens is 1980 g/mol. The summed E-state index contributed by atoms with van der Waals surface area (Å²) in [6, 6.07) is 6.59. The van der Waals surface area contributed by atoms with Crippen molar-refractivity contribution in [2.75, 3.05) is 118 Å². The number of methoxy groups -OCH3 is 3. The van der Waals surface area contributed by atoms with E-state index in [4.69, 9.17) is 75.5 Å². The molecule has 3 heterocycles. The highest BCUT2D eigenvalue weighted by Crippen LogP contribution is 2.30. The number of aliphatic hydroxyl groups is 5. The number of fused-ring (bicyclic) bond motifs is 1. The number of nitrogens with zero attached hydrogens (tertiary/aromatic N) is 3. The molecule has 2 aromatic heterocycles. The zero-order valence-electron chi connectivity index (χ0n) is 86.8. The van der Waals surface area contributed by atoms with Crippen molar-refractivity contribution >= 4 is 133 Å². The molecule has 48 heteroatoms. The number of carboxylic acid groups (broad SMARTS) is 1. The van der Waals surface area contributed by atoms with Crippen LogP contribution in [0.5, 0.6) is 5.75 Å². The van der Waals surface area contributed by atoms with E-state index >= 15 is 9.59 Å². The number of likely N-dealkylation sites (tertiary alicyclic amines) is 1. The molecule has 1 saturated heterocycles. The summed E-state index contributed by atoms with van der Waals surface area (Å²) in [5, 5.41) is 85.7. The summed E-state index contributed by atoms with van der Waals surface area (Å²) >= 11 is 0. The molecule has 1 aliphatic heterocycles. The number of phenolic OH excluding ortho intramolecular Hbond substituents is 1. The summed E-state index contributed by atoms with van der Waals surface area (Å²) in [5.41, 5.74) is 18.8. The number of esters is 2. The van der Waals surface area contributed by atoms with Crippen molar-refractivity contribution in [3.05, 3.63) is 84.1 Å². The number of imidazole rings is 1. The maximum atomic E-state index is 15.2. The number of H-pyrrole nitrogens is 2. The quantitative estimate of drug-likeness (QED) is 0.00754. The lowest BCUT2D eigenvalue weighted by Crippen LogP contribution is -2.55. The van der Waals surface area contributed by atoms with Gasteiger partial charge in [0.25, 0.3) is 0 Å². The standard InChI is InChI=1S/C82H121N15O20S2.C12H22O7.C7H16O4/c1-5-51(47-98)37-75(115-4)117-74(108)19-10-18-72(106)88-29-33-118-119-34-32-116-31-26-73(107)87-27-9-8-15-63(68(102)40-54(35-50(2)3)77(110)94-64(16-11-28-89-82(84)85)81(114)97-30-12-17-67(97)80(113)91-46-71(83)105)93-78(111)55(36-52-20-23-59(100)24-21-52)41-70(104)66(48-99)96-79(112)56(38-57-44-90-62-14-7-6-13-61(57)62)42-69(103)65(43-58-45-86-49-92-58)95-76(109)53-22-25-60(101)39-53;1-3-9(7-13)19-12(17-2)8-18-11(16)6-4-5-10(14)15;1-3-6(4-8)11-7(5-9)10-2/h6-7,13-14,20-21,23-24,44-45,49-51,53-56,63-67,75,90,98-100H,5,8-12,15-19,22,25-43,46-48H2,1-4H3,(H2,83,105)(H,86,92)(H,87,107)(H,88,106)(H,91,113)(H,93,111)(H,94,110)(H,95,109)(H,96,112)(H4,84,85,89);9,12-13H,3-8H2,1-2H3,(H,14,15);6-9H,3-5H2,1-2H3/t51?,53?,54?,55-,56-,63-,64+,65+,66+,67-,75?;;/m0../s1. The number of ether oxygens (including phenoxy) is 8. The normalized spacial score (nSPS) is 15.9. The molecule has 9 amide bonds. The van der Waals surface area contributed by atoms with Gasteiger partial charge < -0.3 is 143 Å². The Balaban J connectivity index is 0.00000132. The fraction of sp³-hybridized carbons (Fsp3) is 0.663. The molecule has 2 aromatic carbocycles. The number of ketones is 4. The molecule has 1 saturated carbocycles. The van der Waals surface area contributed by atoms with Crippen molar-refractivity contribution in [2.24, 2.45) is 57.7 Å². The van der Waals surface area contributed by atoms with Crippen LogP contribution >= 0.6 is 21.6 Å². The lowest BCUT2D eigenvalue weighted by molar-refractivity contribution is -0.194. The second-order valence-electron chi connectivity index (χ2n) is 36.7. The summed E-state index contributed by atoms with van der Waals surface area (Å²) in [6.45, 7) is 8.57. The van der Waals surface area contributed by atoms with E-state index in [1.165, 1.54) is 84.6 Å². The zero-order valence-corrected chi connectivity index (χ0v) is 88.4. The number of phenols is 1. The van der Waals surface area contributed by atoms with Crippen LogP contribution in [0.25, 0.3) is 10.9 Å². The monoisotopic (exact) mass is 2140 g/mol. The van der Waals surface area contributed by atoms with Crippen LogP contribution in [-0.4, -0.2) is 335 Å². The molecule has 46 nitrogen and oxygen atoms in total. The van der Waals surface area contributed by atoms with Gasteiger partial charge in [-0.1, -0.05) is 93.0 Å². The number of rotatable bonds is 76. The van der Waals surface area contributed by atoms with Crippen molar-refractivity contribution in [2.45, 2.75) is 276 Å². The van der Waals surface area contributed by atoms with E-state index in [1.54, 1.807) is 12.3 Å². The van der Waals surface area contributed by atoms with E-state index in [0.29, 0.717) is 86.4 Å². The number of unbranched alkanes of at least 4 members (excludes halogenated alkanes) is 1. The smallest absolute Gasteiger partial charge is 0.308 e. The molecule has 1 aliphatic carbocycles. The molecule has 22 N–H and O–H groups in total. The average Bonchev–Trinajstić information content (AvgIpc) is 1.67. The number of aromatic nitrogens is 3. The van der Waals surface area contributed by atoms with Crippen LogP contribution < -0.4 is 54.4 Å². The van der Waals surface area contributed by atoms with E-state index in [1.807, 2.05) is 52.8 Å². The first-order valence-corrected chi connectivity index (χ1v) is 53.3. The lowest BCUT2D eigenvalue weighted by Gasteiger charge is -2.30. The second-order valence-corrected chi connectivity index (χ2v) is 39.4. The molecule has 15 atom stereocenters. The van der Waals surface area contributed by atoms with Gasteiger partial charge in [-0.25, -0.2) is 4.98 Å². The summed E-state index contributed by atoms with van der Waals surface area (Å²) in [4.78, 5) is 230. The van der Waals surface area contributed by atoms with Gasteiger partial charge in [0.05, 0.1) is 76.8 Å². The van der Waals surface area contributed by atoms with E-state index in [9.17, 15) is 82.4 Å². The van der Waals surface area contributed by atoms with Crippen LogP contribution in [0.1, 0.15) is 212 Å². The van der Waals surface area contributed by atoms with Crippen LogP contribution in [0.4, 0.5) is 0 Å². The highest BCUT2D eigenvalue weighted by molar-refractivity contribution is 8.76. The summed E-state index contributed by atoms with van der Waals surface area (Å²) in [6.07, 6.45) is 4.98. The number of para-hydroxylation sites is 1. The third-order valence-corrected chi connectivity index (χ3v) is 27.0. The molecule has 2 fully saturated rings. The van der Waals surface area contributed by atoms with Crippen molar-refractivity contribution < 1.29 is 150 Å². The van der Waals surface area contributed by atoms with Gasteiger partial charge in [-0.05, 0) is 137 Å². The number of guanidine groups is 1. The number of carboxylic acids is 1. The SMILES string of the molecule is CCC(CO)CC(OC)OC(=O)CCCC(=O)NCCSSCCOCCC(=O)NCCCC[C@H](NC(=O)[C@H](CC(=O)[C@@H](CO)NC(=O)[C@H](CC(=O)[C@@H](Cc1cnc[nH]1)NC(=O)C1CCC(=O)C1)Cc1c[nH]c2ccccc12)Cc1ccc(O)cc1)C(=O)CC(CC(C)C)C(=O)N[C@H](CCCN=C(N)N)C(=O)N1CCC[C@H]1C(=O)NCC(N)=O.CCC(CO)OC(CO)OC.CCC(CO)OC(COC(=O)CCCC(=O)O)OC. The molecule has 0 spiro atoms. The number of carbonyl (C=O) groups is 16. The predicted molar refractivity (Wildman–Crippen MR) is 551 cm³/mol. The number of aliphatic imine (C=N–C) groups is 1. The van der Waals surface area contributed by atoms with E-state index in [0.717, 1.165) is 10.9 Å². The van der Waals surface area contributed by atoms with E-state index in [-0.39, 0.29) is 228 Å². The number of hydrogen-bond donors (Lipinski definition) is 19. The minimum Gasteiger partial charge on any atom is -0.508 e. The Hall–Kier alpha value is -11.2. The zero-order chi connectivity index (χ0) is 110. The largest absolute Gasteiger partial charge is 0.508 e. The number of carbonyl (C=O) groups excluding carboxylic acids is 15. The second kappa shape index (κ2) is 74.7. The first-order chi connectivity index (χ1) is 71.4. The topological polar surface area (TPSA) is 711 Å². The van der Waals surface area contributed by atoms with Crippen LogP contribution in [0.2, 0.25) is 0 Å². The third kappa shape index (κ3) is 52.9. The molecule has 8 unspecified atom stereocenters. The average molecular weight is 2140 g/mol. The Morgan fingerprint density at radius 3 is 1.81 bits per heavy atom. The summed E-state index contributed by atoms with van der Waals surface area (Å²) in [7, 11) is 7.34. The number of primary amides is 1. The number of aromatic hydroxyl groups is 1. The first kappa shape index (κ1) is 130. The highest BCUT2D eigenvalue weighted by Gasteiger charge is 2.41. The first-order valence-electron chi connectivity index (χ1n) is 50.8. The number of benzene rings is 2. The molecule has 836 valence electrons. The van der Waals surface area contributed by atoms with Gasteiger partial charge in [-0.15, -0.1) is 0 Å². The fourth-order valence-electron chi connectivity index (χ4n) is 16.1. The van der Waals surface area contributed by atoms with Crippen LogP contribution in [-0.2, 0) is 134 Å². The molecule has 2 aliphatic rings. The van der Waals surface area contributed by atoms with Gasteiger partial charge in [0.1, 0.15) is 36.3 Å². The van der Waals surface area contributed by atoms with Crippen molar-refractivity contribution in [1.29, 1.82) is 0 Å². The molecule has 0 radical (unpaired) electrons. The van der Waals surface area contributed by atoms with Gasteiger partial charge in [0.15, 0.2) is 35.9 Å². The van der Waals surface area contributed by atoms with Gasteiger partial charge >= 0.3 is 17.9 Å². The summed E-state index contributed by atoms with van der Waals surface area (Å²) in [5.74, 6) is -13.2. The number of amides is 9. The van der Waals surface area contributed by atoms with Crippen LogP contribution in [0.3, 0.4) is 0 Å². The Morgan fingerprint density at radius 1 is 0.584 bits per heavy atom. The number of nitrogens with one attached hydrogen (secondary N) is 9. The van der Waals surface area contributed by atoms with Crippen molar-refractivity contribution in [3.63, 3.8) is 0 Å². The molecule has 149 heavy (non-hydrogen) atoms. The summed E-state index contributed by atoms with van der Waals surface area (Å²) < 4.78 is 41.4. The number of hydrogen-bond acceptors (Lipinski definition) is 34. The maximum Gasteiger partial charge on any atom is 0.308 e. The molecule has 4 aromatic rings. The van der Waals surface area contributed by atoms with Gasteiger partial charge in [0, 0.05) is 195 Å². The Morgan fingerprint density at radius 2 is 1.19 bits per heavy atom. The number of Topliss-reactive ketones (excluding diaryl/α,β-unsaturated/α-hetero) is 4. The maximum absolute atomic E-state index is 15.2. The molecule has 0 bridgehead atoms. The van der Waals surface area contributed by atoms with Crippen molar-refractivity contribution in [3.8, 4) is 5.75 Å². The Bertz CT molecular complexity index is 4720. The fourth-order valence-corrected chi connectivity index (χ4v) is 17.9. The van der Waals surface area contributed by atoms with Crippen LogP contribution in [0.15, 0.2) is 72.2 Å². The van der Waals surface area contributed by atoms with E-state index in [2.05, 4.69) is 57.2 Å². The van der Waals surface area contributed by atoms with Gasteiger partial charge in [-0.3, -0.25) is 81.7 Å². The van der Waals surface area contributed by atoms with Crippen molar-refractivity contribution in [1.82, 2.24) is 57.1 Å². The van der Waals surface area contributed by atoms with Gasteiger partial charge in [-0.2, -0.15) is 0 Å². The van der Waals surface area contributed by atoms with Crippen LogP contribution in [0, 0.1) is 35.5 Å². The Labute approximate surface area is 877 Å². The van der Waals surface area contributed by atoms with Gasteiger partial charge in [0.2, 0.25) is 59.5 Å². The molecule has 6 rings (SSSR count). The number of aliphatic hydroxyl groups excluding tert-OH is 5.